The van der Waals surface area contributed by atoms with E-state index in [9.17, 15) is 4.79 Å². The Kier molecular flexibility index (Phi) is 6.07. The molecular weight excluding hydrogens is 463 g/mol. The molecule has 0 bridgehead atoms. The highest BCUT2D eigenvalue weighted by molar-refractivity contribution is 14.1. The molecule has 0 fully saturated rings. The number of carbonyl (C=O) groups excluding carboxylic acids is 1. The fourth-order valence-electron chi connectivity index (χ4n) is 3.31. The molecule has 5 nitrogen and oxygen atoms in total. The van der Waals surface area contributed by atoms with Crippen LogP contribution in [0.15, 0.2) is 36.4 Å². The first kappa shape index (κ1) is 20.8. The van der Waals surface area contributed by atoms with Gasteiger partial charge in [0, 0.05) is 18.7 Å². The largest absolute Gasteiger partial charge is 0.343 e. The molecule has 0 saturated heterocycles. The lowest BCUT2D eigenvalue weighted by Crippen LogP contribution is -2.32. The van der Waals surface area contributed by atoms with Gasteiger partial charge >= 0.3 is 0 Å². The van der Waals surface area contributed by atoms with Crippen molar-refractivity contribution in [3.8, 4) is 11.3 Å². The van der Waals surface area contributed by atoms with Crippen molar-refractivity contribution in [1.82, 2.24) is 19.5 Å². The second-order valence-electron chi connectivity index (χ2n) is 7.90. The van der Waals surface area contributed by atoms with Crippen LogP contribution in [-0.2, 0) is 16.6 Å². The van der Waals surface area contributed by atoms with E-state index in [0.29, 0.717) is 13.1 Å². The summed E-state index contributed by atoms with van der Waals surface area (Å²) in [5.74, 6) is 0.0972. The van der Waals surface area contributed by atoms with Crippen LogP contribution in [0.2, 0.25) is 0 Å². The second-order valence-corrected chi connectivity index (χ2v) is 9.01. The summed E-state index contributed by atoms with van der Waals surface area (Å²) < 4.78 is 2.68. The number of imidazole rings is 1. The minimum absolute atomic E-state index is 0.0939. The first-order chi connectivity index (χ1) is 13.2. The van der Waals surface area contributed by atoms with Gasteiger partial charge in [-0.3, -0.25) is 4.79 Å². The Morgan fingerprint density at radius 1 is 1.07 bits per heavy atom. The number of fused-ring (bicyclic) bond motifs is 1. The molecule has 2 aromatic heterocycles. The van der Waals surface area contributed by atoms with Gasteiger partial charge in [0.25, 0.3) is 0 Å². The van der Waals surface area contributed by atoms with Gasteiger partial charge in [0.05, 0.1) is 17.8 Å². The molecule has 28 heavy (non-hydrogen) atoms. The summed E-state index contributed by atoms with van der Waals surface area (Å²) in [4.78, 5) is 19.5. The summed E-state index contributed by atoms with van der Waals surface area (Å²) in [6, 6.07) is 12.4. The third-order valence-corrected chi connectivity index (χ3v) is 5.57. The Labute approximate surface area is 180 Å². The van der Waals surface area contributed by atoms with Gasteiger partial charge in [0.2, 0.25) is 5.91 Å². The minimum atomic E-state index is 0.0939. The number of rotatable bonds is 5. The molecule has 6 heteroatoms. The number of aromatic nitrogens is 3. The van der Waals surface area contributed by atoms with E-state index < -0.39 is 0 Å². The van der Waals surface area contributed by atoms with Gasteiger partial charge in [0.1, 0.15) is 3.70 Å². The molecule has 148 valence electrons. The van der Waals surface area contributed by atoms with Crippen molar-refractivity contribution in [3.05, 3.63) is 51.4 Å². The lowest BCUT2D eigenvalue weighted by Gasteiger charge is -2.19. The average Bonchev–Trinajstić information content (AvgIpc) is 3.00. The molecule has 3 aromatic rings. The van der Waals surface area contributed by atoms with Gasteiger partial charge in [0.15, 0.2) is 5.65 Å². The Balaban J connectivity index is 2.10. The molecule has 0 N–H and O–H groups in total. The molecule has 0 saturated carbocycles. The maximum Gasteiger partial charge on any atom is 0.228 e. The molecule has 1 aromatic carbocycles. The maximum absolute atomic E-state index is 12.8. The standard InChI is InChI=1S/C22H27IN4O/c1-6-26(7-2)20(28)14-17-21(24-19-13-12-18(23)25-27(17)19)15-8-10-16(11-9-15)22(3,4)5/h8-13H,6-7,14H2,1-5H3. The number of benzene rings is 1. The Hall–Kier alpha value is -1.96. The monoisotopic (exact) mass is 490 g/mol. The average molecular weight is 490 g/mol. The maximum atomic E-state index is 12.8. The molecule has 2 heterocycles. The molecular formula is C22H27IN4O. The summed E-state index contributed by atoms with van der Waals surface area (Å²) in [6.45, 7) is 12.0. The first-order valence-electron chi connectivity index (χ1n) is 9.67. The quantitative estimate of drug-likeness (QED) is 0.487. The lowest BCUT2D eigenvalue weighted by atomic mass is 9.86. The van der Waals surface area contributed by atoms with E-state index >= 15 is 0 Å². The van der Waals surface area contributed by atoms with Crippen LogP contribution in [0.4, 0.5) is 0 Å². The van der Waals surface area contributed by atoms with E-state index in [-0.39, 0.29) is 17.7 Å². The van der Waals surface area contributed by atoms with Gasteiger partial charge in [-0.05, 0) is 59.5 Å². The smallest absolute Gasteiger partial charge is 0.228 e. The van der Waals surface area contributed by atoms with Gasteiger partial charge in [-0.2, -0.15) is 5.10 Å². The van der Waals surface area contributed by atoms with E-state index in [1.165, 1.54) is 5.56 Å². The number of hydrogen-bond acceptors (Lipinski definition) is 3. The Morgan fingerprint density at radius 2 is 1.71 bits per heavy atom. The van der Waals surface area contributed by atoms with Crippen LogP contribution in [0, 0.1) is 3.70 Å². The molecule has 0 aliphatic carbocycles. The Morgan fingerprint density at radius 3 is 2.29 bits per heavy atom. The normalized spacial score (nSPS) is 11.8. The van der Waals surface area contributed by atoms with E-state index in [0.717, 1.165) is 26.3 Å². The molecule has 0 aliphatic rings. The number of carbonyl (C=O) groups is 1. The molecule has 0 radical (unpaired) electrons. The van der Waals surface area contributed by atoms with Crippen molar-refractivity contribution >= 4 is 34.1 Å². The molecule has 0 aliphatic heterocycles. The van der Waals surface area contributed by atoms with Crippen LogP contribution in [0.1, 0.15) is 45.9 Å². The highest BCUT2D eigenvalue weighted by atomic mass is 127. The summed E-state index contributed by atoms with van der Waals surface area (Å²) >= 11 is 2.19. The SMILES string of the molecule is CCN(CC)C(=O)Cc1c(-c2ccc(C(C)(C)C)cc2)nc2ccc(I)nn12. The van der Waals surface area contributed by atoms with Crippen molar-refractivity contribution in [2.45, 2.75) is 46.5 Å². The van der Waals surface area contributed by atoms with Gasteiger partial charge in [-0.25, -0.2) is 9.50 Å². The highest BCUT2D eigenvalue weighted by Crippen LogP contribution is 2.29. The predicted molar refractivity (Wildman–Crippen MR) is 121 cm³/mol. The predicted octanol–water partition coefficient (Wildman–Crippen LogP) is 4.71. The molecule has 0 spiro atoms. The zero-order chi connectivity index (χ0) is 20.5. The van der Waals surface area contributed by atoms with E-state index in [1.54, 1.807) is 0 Å². The zero-order valence-electron chi connectivity index (χ0n) is 17.2. The second kappa shape index (κ2) is 8.19. The minimum Gasteiger partial charge on any atom is -0.343 e. The summed E-state index contributed by atoms with van der Waals surface area (Å²) in [7, 11) is 0. The third kappa shape index (κ3) is 4.21. The van der Waals surface area contributed by atoms with Crippen molar-refractivity contribution in [1.29, 1.82) is 0 Å². The highest BCUT2D eigenvalue weighted by Gasteiger charge is 2.21. The number of likely N-dealkylation sites (N-methyl/N-ethyl adjacent to an activating group) is 1. The number of nitrogens with zero attached hydrogens (tertiary/aromatic N) is 4. The van der Waals surface area contributed by atoms with Crippen LogP contribution >= 0.6 is 22.6 Å². The van der Waals surface area contributed by atoms with Gasteiger partial charge < -0.3 is 4.90 Å². The van der Waals surface area contributed by atoms with Crippen molar-refractivity contribution in [2.75, 3.05) is 13.1 Å². The fourth-order valence-corrected chi connectivity index (χ4v) is 3.70. The van der Waals surface area contributed by atoms with Crippen LogP contribution in [0.3, 0.4) is 0 Å². The van der Waals surface area contributed by atoms with Crippen molar-refractivity contribution in [2.24, 2.45) is 0 Å². The summed E-state index contributed by atoms with van der Waals surface area (Å²) in [5, 5.41) is 4.61. The molecule has 0 unspecified atom stereocenters. The van der Waals surface area contributed by atoms with Crippen LogP contribution < -0.4 is 0 Å². The van der Waals surface area contributed by atoms with E-state index in [2.05, 4.69) is 72.7 Å². The van der Waals surface area contributed by atoms with E-state index in [4.69, 9.17) is 4.98 Å². The zero-order valence-corrected chi connectivity index (χ0v) is 19.3. The van der Waals surface area contributed by atoms with Gasteiger partial charge in [-0.1, -0.05) is 45.0 Å². The summed E-state index contributed by atoms with van der Waals surface area (Å²) in [6.07, 6.45) is 0.284. The molecule has 0 atom stereocenters. The molecule has 3 rings (SSSR count). The first-order valence-corrected chi connectivity index (χ1v) is 10.7. The topological polar surface area (TPSA) is 50.5 Å². The fraction of sp³-hybridized carbons (Fsp3) is 0.409. The van der Waals surface area contributed by atoms with Crippen LogP contribution in [-0.4, -0.2) is 38.5 Å². The lowest BCUT2D eigenvalue weighted by molar-refractivity contribution is -0.130. The molecule has 1 amide bonds. The third-order valence-electron chi connectivity index (χ3n) is 5.00. The van der Waals surface area contributed by atoms with E-state index in [1.807, 2.05) is 35.4 Å². The Bertz CT molecular complexity index is 982. The van der Waals surface area contributed by atoms with Crippen LogP contribution in [0.5, 0.6) is 0 Å². The summed E-state index contributed by atoms with van der Waals surface area (Å²) in [5.41, 5.74) is 4.81. The number of halogens is 1. The number of hydrogen-bond donors (Lipinski definition) is 0. The number of amides is 1. The van der Waals surface area contributed by atoms with Crippen LogP contribution in [0.25, 0.3) is 16.9 Å². The van der Waals surface area contributed by atoms with Crippen molar-refractivity contribution < 1.29 is 4.79 Å². The van der Waals surface area contributed by atoms with Crippen molar-refractivity contribution in [3.63, 3.8) is 0 Å². The van der Waals surface area contributed by atoms with Gasteiger partial charge in [-0.15, -0.1) is 0 Å².